The molecule has 27 heavy (non-hydrogen) atoms. The van der Waals surface area contributed by atoms with Gasteiger partial charge in [-0.2, -0.15) is 0 Å². The molecular weight excluding hydrogens is 458 g/mol. The Morgan fingerprint density at radius 3 is 2.70 bits per heavy atom. The highest BCUT2D eigenvalue weighted by molar-refractivity contribution is 14.0. The van der Waals surface area contributed by atoms with Gasteiger partial charge in [0.15, 0.2) is 17.5 Å². The van der Waals surface area contributed by atoms with Crippen LogP contribution in [0.5, 0.6) is 5.75 Å². The summed E-state index contributed by atoms with van der Waals surface area (Å²) in [5.41, 5.74) is 0.875. The minimum absolute atomic E-state index is 0. The van der Waals surface area contributed by atoms with Crippen molar-refractivity contribution in [1.29, 1.82) is 0 Å². The normalized spacial score (nSPS) is 15.3. The van der Waals surface area contributed by atoms with Crippen LogP contribution >= 0.6 is 24.0 Å². The van der Waals surface area contributed by atoms with E-state index in [2.05, 4.69) is 34.6 Å². The highest BCUT2D eigenvalue weighted by Gasteiger charge is 2.22. The lowest BCUT2D eigenvalue weighted by Crippen LogP contribution is -2.39. The molecule has 1 saturated carbocycles. The van der Waals surface area contributed by atoms with Crippen LogP contribution in [-0.2, 0) is 0 Å². The molecule has 0 amide bonds. The van der Waals surface area contributed by atoms with E-state index < -0.39 is 0 Å². The number of aliphatic imine (C=N–C) groups is 1. The van der Waals surface area contributed by atoms with Gasteiger partial charge in [-0.3, -0.25) is 4.99 Å². The van der Waals surface area contributed by atoms with Crippen LogP contribution in [0.15, 0.2) is 23.2 Å². The smallest absolute Gasteiger partial charge is 0.191 e. The number of hydrogen-bond acceptors (Lipinski definition) is 3. The second-order valence-electron chi connectivity index (χ2n) is 7.23. The van der Waals surface area contributed by atoms with Gasteiger partial charge in [0.05, 0.1) is 12.6 Å². The fourth-order valence-electron chi connectivity index (χ4n) is 2.58. The molecule has 1 aliphatic rings. The zero-order chi connectivity index (χ0) is 18.9. The molecule has 0 radical (unpaired) electrons. The van der Waals surface area contributed by atoms with Crippen molar-refractivity contribution < 1.29 is 9.13 Å². The average Bonchev–Trinajstić information content (AvgIpc) is 3.41. The van der Waals surface area contributed by atoms with E-state index in [1.165, 1.54) is 12.8 Å². The van der Waals surface area contributed by atoms with Crippen LogP contribution in [0.3, 0.4) is 0 Å². The molecule has 2 rings (SSSR count). The maximum atomic E-state index is 14.3. The van der Waals surface area contributed by atoms with Crippen LogP contribution in [0.1, 0.15) is 44.7 Å². The van der Waals surface area contributed by atoms with Crippen LogP contribution in [-0.4, -0.2) is 51.2 Å². The molecule has 0 spiro atoms. The Bertz CT molecular complexity index is 593. The number of benzene rings is 1. The Morgan fingerprint density at radius 1 is 1.37 bits per heavy atom. The minimum Gasteiger partial charge on any atom is -0.490 e. The lowest BCUT2D eigenvalue weighted by atomic mass is 10.1. The van der Waals surface area contributed by atoms with E-state index in [9.17, 15) is 4.39 Å². The lowest BCUT2D eigenvalue weighted by Gasteiger charge is -2.19. The summed E-state index contributed by atoms with van der Waals surface area (Å²) in [4.78, 5) is 6.74. The van der Waals surface area contributed by atoms with Crippen molar-refractivity contribution in [1.82, 2.24) is 15.5 Å². The molecule has 2 N–H and O–H groups in total. The number of nitrogens with one attached hydrogen (secondary N) is 2. The SMILES string of the molecule is CCNC(=NCCCN(C)C)NC(C)c1ccc(OCC2CC2)c(F)c1.I. The molecule has 1 aromatic carbocycles. The monoisotopic (exact) mass is 492 g/mol. The van der Waals surface area contributed by atoms with E-state index in [1.807, 2.05) is 19.9 Å². The maximum Gasteiger partial charge on any atom is 0.191 e. The summed E-state index contributed by atoms with van der Waals surface area (Å²) in [6.07, 6.45) is 3.39. The molecule has 1 aliphatic carbocycles. The van der Waals surface area contributed by atoms with E-state index in [-0.39, 0.29) is 35.8 Å². The summed E-state index contributed by atoms with van der Waals surface area (Å²) < 4.78 is 19.9. The first-order valence-corrected chi connectivity index (χ1v) is 9.61. The number of guanidine groups is 1. The summed E-state index contributed by atoms with van der Waals surface area (Å²) in [5.74, 6) is 1.41. The van der Waals surface area contributed by atoms with Crippen LogP contribution in [0, 0.1) is 11.7 Å². The number of rotatable bonds is 10. The molecule has 7 heteroatoms. The van der Waals surface area contributed by atoms with E-state index >= 15 is 0 Å². The Balaban J connectivity index is 0.00000364. The van der Waals surface area contributed by atoms with Crippen molar-refractivity contribution in [2.45, 2.75) is 39.2 Å². The van der Waals surface area contributed by atoms with Gasteiger partial charge in [0.2, 0.25) is 0 Å². The van der Waals surface area contributed by atoms with Gasteiger partial charge in [0.25, 0.3) is 0 Å². The quantitative estimate of drug-likeness (QED) is 0.226. The first-order chi connectivity index (χ1) is 12.5. The number of ether oxygens (including phenoxy) is 1. The van der Waals surface area contributed by atoms with Crippen molar-refractivity contribution in [2.24, 2.45) is 10.9 Å². The minimum atomic E-state index is -0.301. The van der Waals surface area contributed by atoms with Crippen molar-refractivity contribution in [3.63, 3.8) is 0 Å². The van der Waals surface area contributed by atoms with E-state index in [1.54, 1.807) is 12.1 Å². The molecular formula is C20H34FIN4O. The van der Waals surface area contributed by atoms with Gasteiger partial charge in [-0.1, -0.05) is 6.07 Å². The first kappa shape index (κ1) is 23.9. The zero-order valence-corrected chi connectivity index (χ0v) is 19.3. The van der Waals surface area contributed by atoms with E-state index in [0.29, 0.717) is 18.3 Å². The van der Waals surface area contributed by atoms with Crippen molar-refractivity contribution in [3.8, 4) is 5.75 Å². The molecule has 0 saturated heterocycles. The number of hydrogen-bond donors (Lipinski definition) is 2. The molecule has 1 atom stereocenters. The van der Waals surface area contributed by atoms with Gasteiger partial charge in [0, 0.05) is 13.1 Å². The number of halogens is 2. The van der Waals surface area contributed by atoms with Crippen LogP contribution in [0.25, 0.3) is 0 Å². The van der Waals surface area contributed by atoms with Gasteiger partial charge in [-0.15, -0.1) is 24.0 Å². The third kappa shape index (κ3) is 9.10. The predicted molar refractivity (Wildman–Crippen MR) is 121 cm³/mol. The molecule has 0 bridgehead atoms. The molecule has 1 fully saturated rings. The standard InChI is InChI=1S/C20H33FN4O.HI/c1-5-22-20(23-11-6-12-25(3)4)24-15(2)17-9-10-19(18(21)13-17)26-14-16-7-8-16;/h9-10,13,15-16H,5-8,11-12,14H2,1-4H3,(H2,22,23,24);1H. The van der Waals surface area contributed by atoms with E-state index in [0.717, 1.165) is 37.6 Å². The predicted octanol–water partition coefficient (Wildman–Crippen LogP) is 3.80. The van der Waals surface area contributed by atoms with Gasteiger partial charge < -0.3 is 20.3 Å². The molecule has 1 aromatic rings. The second kappa shape index (κ2) is 12.4. The maximum absolute atomic E-state index is 14.3. The van der Waals surface area contributed by atoms with Gasteiger partial charge >= 0.3 is 0 Å². The summed E-state index contributed by atoms with van der Waals surface area (Å²) in [5, 5.41) is 6.59. The fraction of sp³-hybridized carbons (Fsp3) is 0.650. The Hall–Kier alpha value is -1.09. The topological polar surface area (TPSA) is 48.9 Å². The molecule has 0 heterocycles. The fourth-order valence-corrected chi connectivity index (χ4v) is 2.58. The third-order valence-corrected chi connectivity index (χ3v) is 4.36. The van der Waals surface area contributed by atoms with Gasteiger partial charge in [-0.05, 0) is 77.4 Å². The Labute approximate surface area is 180 Å². The van der Waals surface area contributed by atoms with Gasteiger partial charge in [-0.25, -0.2) is 4.39 Å². The lowest BCUT2D eigenvalue weighted by molar-refractivity contribution is 0.285. The number of nitrogens with zero attached hydrogens (tertiary/aromatic N) is 2. The summed E-state index contributed by atoms with van der Waals surface area (Å²) in [6, 6.07) is 5.15. The summed E-state index contributed by atoms with van der Waals surface area (Å²) >= 11 is 0. The zero-order valence-electron chi connectivity index (χ0n) is 16.9. The van der Waals surface area contributed by atoms with Crippen molar-refractivity contribution in [3.05, 3.63) is 29.6 Å². The van der Waals surface area contributed by atoms with E-state index in [4.69, 9.17) is 4.74 Å². The second-order valence-corrected chi connectivity index (χ2v) is 7.23. The van der Waals surface area contributed by atoms with Crippen molar-refractivity contribution >= 4 is 29.9 Å². The van der Waals surface area contributed by atoms with Crippen LogP contribution in [0.2, 0.25) is 0 Å². The largest absolute Gasteiger partial charge is 0.490 e. The molecule has 5 nitrogen and oxygen atoms in total. The third-order valence-electron chi connectivity index (χ3n) is 4.36. The van der Waals surface area contributed by atoms with Crippen LogP contribution < -0.4 is 15.4 Å². The molecule has 1 unspecified atom stereocenters. The summed E-state index contributed by atoms with van der Waals surface area (Å²) in [7, 11) is 4.11. The first-order valence-electron chi connectivity index (χ1n) is 9.61. The Kier molecular flexibility index (Phi) is 11.0. The molecule has 154 valence electrons. The Morgan fingerprint density at radius 2 is 2.11 bits per heavy atom. The molecule has 0 aromatic heterocycles. The molecule has 0 aliphatic heterocycles. The highest BCUT2D eigenvalue weighted by Crippen LogP contribution is 2.30. The summed E-state index contributed by atoms with van der Waals surface area (Å²) in [6.45, 7) is 7.21. The van der Waals surface area contributed by atoms with Crippen molar-refractivity contribution in [2.75, 3.05) is 40.3 Å². The van der Waals surface area contributed by atoms with Gasteiger partial charge in [0.1, 0.15) is 0 Å². The average molecular weight is 492 g/mol. The highest BCUT2D eigenvalue weighted by atomic mass is 127. The van der Waals surface area contributed by atoms with Crippen LogP contribution in [0.4, 0.5) is 4.39 Å².